The van der Waals surface area contributed by atoms with Gasteiger partial charge < -0.3 is 0 Å². The average Bonchev–Trinajstić information content (AvgIpc) is 2.96. The van der Waals surface area contributed by atoms with E-state index in [0.29, 0.717) is 10.7 Å². The van der Waals surface area contributed by atoms with Gasteiger partial charge in [-0.25, -0.2) is 12.7 Å². The largest absolute Gasteiger partial charge is 0.265 e. The summed E-state index contributed by atoms with van der Waals surface area (Å²) in [6.45, 7) is 3.79. The number of benzene rings is 2. The molecule has 0 amide bonds. The maximum Gasteiger partial charge on any atom is 0.265 e. The van der Waals surface area contributed by atoms with Crippen molar-refractivity contribution in [1.82, 2.24) is 4.31 Å². The molecule has 2 atom stereocenters. The monoisotopic (exact) mass is 368 g/mol. The maximum atomic E-state index is 13.4. The van der Waals surface area contributed by atoms with Gasteiger partial charge in [0, 0.05) is 0 Å². The first kappa shape index (κ1) is 17.3. The molecule has 0 saturated heterocycles. The molecule has 5 heteroatoms. The SMILES string of the molecule is CC1=NC2(c3ccccc3)CCCCC2N1S(=O)(=O)c1ccc(C)cc1. The number of hydrogen-bond acceptors (Lipinski definition) is 3. The number of aliphatic imine (C=N–C) groups is 1. The summed E-state index contributed by atoms with van der Waals surface area (Å²) in [6.07, 6.45) is 3.82. The molecule has 4 nitrogen and oxygen atoms in total. The third-order valence-corrected chi connectivity index (χ3v) is 7.56. The highest BCUT2D eigenvalue weighted by atomic mass is 32.2. The molecule has 2 aliphatic rings. The molecule has 0 radical (unpaired) electrons. The molecule has 1 aliphatic heterocycles. The Labute approximate surface area is 155 Å². The van der Waals surface area contributed by atoms with Gasteiger partial charge in [-0.15, -0.1) is 0 Å². The number of aryl methyl sites for hydroxylation is 1. The zero-order chi connectivity index (χ0) is 18.4. The molecule has 2 unspecified atom stereocenters. The van der Waals surface area contributed by atoms with Crippen molar-refractivity contribution in [1.29, 1.82) is 0 Å². The summed E-state index contributed by atoms with van der Waals surface area (Å²) in [4.78, 5) is 5.31. The van der Waals surface area contributed by atoms with Crippen molar-refractivity contribution in [3.05, 3.63) is 65.7 Å². The molecule has 26 heavy (non-hydrogen) atoms. The minimum absolute atomic E-state index is 0.148. The lowest BCUT2D eigenvalue weighted by Gasteiger charge is -2.40. The summed E-state index contributed by atoms with van der Waals surface area (Å²) >= 11 is 0. The lowest BCUT2D eigenvalue weighted by molar-refractivity contribution is 0.215. The van der Waals surface area contributed by atoms with Crippen LogP contribution in [0.15, 0.2) is 64.5 Å². The van der Waals surface area contributed by atoms with Gasteiger partial charge in [0.2, 0.25) is 0 Å². The Hall–Kier alpha value is -2.14. The van der Waals surface area contributed by atoms with E-state index in [0.717, 1.165) is 36.8 Å². The summed E-state index contributed by atoms with van der Waals surface area (Å²) in [7, 11) is -3.62. The molecule has 1 fully saturated rings. The van der Waals surface area contributed by atoms with E-state index < -0.39 is 15.6 Å². The van der Waals surface area contributed by atoms with Crippen molar-refractivity contribution >= 4 is 15.9 Å². The number of amidine groups is 1. The molecule has 2 aromatic rings. The van der Waals surface area contributed by atoms with E-state index in [1.165, 1.54) is 0 Å². The lowest BCUT2D eigenvalue weighted by atomic mass is 9.74. The predicted molar refractivity (Wildman–Crippen MR) is 104 cm³/mol. The van der Waals surface area contributed by atoms with Gasteiger partial charge in [0.05, 0.1) is 10.9 Å². The fourth-order valence-electron chi connectivity index (χ4n) is 4.44. The van der Waals surface area contributed by atoms with Crippen LogP contribution in [-0.2, 0) is 15.6 Å². The summed E-state index contributed by atoms with van der Waals surface area (Å²) in [5.74, 6) is 0.598. The third kappa shape index (κ3) is 2.57. The van der Waals surface area contributed by atoms with Crippen molar-refractivity contribution < 1.29 is 8.42 Å². The standard InChI is InChI=1S/C21H24N2O2S/c1-16-11-13-19(14-12-16)26(24,25)23-17(2)22-21(15-7-6-10-20(21)23)18-8-4-3-5-9-18/h3-5,8-9,11-14,20H,6-7,10,15H2,1-2H3. The lowest BCUT2D eigenvalue weighted by Crippen LogP contribution is -2.49. The Kier molecular flexibility index (Phi) is 4.14. The van der Waals surface area contributed by atoms with Crippen molar-refractivity contribution in [3.63, 3.8) is 0 Å². The van der Waals surface area contributed by atoms with E-state index in [-0.39, 0.29) is 6.04 Å². The van der Waals surface area contributed by atoms with Crippen molar-refractivity contribution in [2.75, 3.05) is 0 Å². The van der Waals surface area contributed by atoms with E-state index in [1.807, 2.05) is 44.2 Å². The summed E-state index contributed by atoms with van der Waals surface area (Å²) in [5.41, 5.74) is 1.71. The fraction of sp³-hybridized carbons (Fsp3) is 0.381. The molecular formula is C21H24N2O2S. The smallest absolute Gasteiger partial charge is 0.258 e. The highest BCUT2D eigenvalue weighted by molar-refractivity contribution is 7.89. The molecule has 4 rings (SSSR count). The molecule has 0 spiro atoms. The van der Waals surface area contributed by atoms with Gasteiger partial charge >= 0.3 is 0 Å². The Morgan fingerprint density at radius 3 is 2.38 bits per heavy atom. The summed E-state index contributed by atoms with van der Waals surface area (Å²) in [5, 5.41) is 0. The summed E-state index contributed by atoms with van der Waals surface area (Å²) in [6, 6.07) is 17.1. The number of hydrogen-bond donors (Lipinski definition) is 0. The Bertz CT molecular complexity index is 936. The second-order valence-electron chi connectivity index (χ2n) is 7.32. The third-order valence-electron chi connectivity index (χ3n) is 5.65. The molecule has 0 bridgehead atoms. The van der Waals surface area contributed by atoms with Gasteiger partial charge in [0.25, 0.3) is 10.0 Å². The zero-order valence-corrected chi connectivity index (χ0v) is 16.0. The Morgan fingerprint density at radius 1 is 1.00 bits per heavy atom. The van der Waals surface area contributed by atoms with E-state index >= 15 is 0 Å². The van der Waals surface area contributed by atoms with E-state index in [1.54, 1.807) is 16.4 Å². The first-order chi connectivity index (χ1) is 12.4. The van der Waals surface area contributed by atoms with Crippen LogP contribution >= 0.6 is 0 Å². The van der Waals surface area contributed by atoms with E-state index in [9.17, 15) is 8.42 Å². The van der Waals surface area contributed by atoms with Crippen molar-refractivity contribution in [2.45, 2.75) is 56.0 Å². The van der Waals surface area contributed by atoms with Crippen LogP contribution in [-0.4, -0.2) is 24.6 Å². The zero-order valence-electron chi connectivity index (χ0n) is 15.2. The topological polar surface area (TPSA) is 49.7 Å². The molecule has 0 aromatic heterocycles. The molecule has 2 aromatic carbocycles. The van der Waals surface area contributed by atoms with Gasteiger partial charge in [-0.2, -0.15) is 0 Å². The molecule has 1 heterocycles. The fourth-order valence-corrected chi connectivity index (χ4v) is 6.15. The Morgan fingerprint density at radius 2 is 1.69 bits per heavy atom. The Balaban J connectivity index is 1.82. The second kappa shape index (κ2) is 6.23. The first-order valence-electron chi connectivity index (χ1n) is 9.18. The van der Waals surface area contributed by atoms with Crippen LogP contribution in [0.3, 0.4) is 0 Å². The average molecular weight is 369 g/mol. The summed E-state index contributed by atoms with van der Waals surface area (Å²) < 4.78 is 28.4. The van der Waals surface area contributed by atoms with Crippen LogP contribution in [0.5, 0.6) is 0 Å². The van der Waals surface area contributed by atoms with Crippen LogP contribution in [0.25, 0.3) is 0 Å². The van der Waals surface area contributed by atoms with Gasteiger partial charge in [-0.1, -0.05) is 60.9 Å². The number of rotatable bonds is 3. The predicted octanol–water partition coefficient (Wildman–Crippen LogP) is 4.26. The van der Waals surface area contributed by atoms with Crippen LogP contribution < -0.4 is 0 Å². The van der Waals surface area contributed by atoms with Gasteiger partial charge in [-0.05, 0) is 44.4 Å². The van der Waals surface area contributed by atoms with E-state index in [4.69, 9.17) is 4.99 Å². The quantitative estimate of drug-likeness (QED) is 0.813. The van der Waals surface area contributed by atoms with Crippen LogP contribution in [0, 0.1) is 6.92 Å². The number of sulfonamides is 1. The molecular weight excluding hydrogens is 344 g/mol. The minimum Gasteiger partial charge on any atom is -0.258 e. The highest BCUT2D eigenvalue weighted by Crippen LogP contribution is 2.48. The van der Waals surface area contributed by atoms with Crippen LogP contribution in [0.1, 0.15) is 43.7 Å². The van der Waals surface area contributed by atoms with Crippen molar-refractivity contribution in [3.8, 4) is 0 Å². The second-order valence-corrected chi connectivity index (χ2v) is 9.14. The van der Waals surface area contributed by atoms with Gasteiger partial charge in [0.15, 0.2) is 0 Å². The maximum absolute atomic E-state index is 13.4. The van der Waals surface area contributed by atoms with E-state index in [2.05, 4.69) is 12.1 Å². The normalized spacial score (nSPS) is 25.7. The number of fused-ring (bicyclic) bond motifs is 1. The van der Waals surface area contributed by atoms with Crippen LogP contribution in [0.2, 0.25) is 0 Å². The number of nitrogens with zero attached hydrogens (tertiary/aromatic N) is 2. The van der Waals surface area contributed by atoms with Crippen molar-refractivity contribution in [2.24, 2.45) is 4.99 Å². The van der Waals surface area contributed by atoms with Gasteiger partial charge in [-0.3, -0.25) is 4.99 Å². The molecule has 0 N–H and O–H groups in total. The molecule has 1 saturated carbocycles. The van der Waals surface area contributed by atoms with Crippen LogP contribution in [0.4, 0.5) is 0 Å². The molecule has 1 aliphatic carbocycles. The first-order valence-corrected chi connectivity index (χ1v) is 10.6. The minimum atomic E-state index is -3.62. The highest BCUT2D eigenvalue weighted by Gasteiger charge is 2.53. The van der Waals surface area contributed by atoms with Gasteiger partial charge in [0.1, 0.15) is 11.4 Å². The molecule has 136 valence electrons.